The summed E-state index contributed by atoms with van der Waals surface area (Å²) in [4.78, 5) is 25.0. The number of rotatable bonds is 10. The van der Waals surface area contributed by atoms with E-state index in [1.807, 2.05) is 12.1 Å². The minimum atomic E-state index is -0.887. The van der Waals surface area contributed by atoms with Gasteiger partial charge in [0.2, 0.25) is 0 Å². The van der Waals surface area contributed by atoms with Crippen LogP contribution >= 0.6 is 0 Å². The van der Waals surface area contributed by atoms with E-state index in [0.29, 0.717) is 37.2 Å². The Morgan fingerprint density at radius 1 is 0.838 bits per heavy atom. The maximum Gasteiger partial charge on any atom is 0.307 e. The molecule has 10 heteroatoms. The molecule has 2 heterocycles. The lowest BCUT2D eigenvalue weighted by Crippen LogP contribution is -2.40. The highest BCUT2D eigenvalue weighted by Crippen LogP contribution is 2.33. The van der Waals surface area contributed by atoms with Crippen molar-refractivity contribution in [1.82, 2.24) is 10.6 Å². The highest BCUT2D eigenvalue weighted by Gasteiger charge is 2.34. The molecule has 2 unspecified atom stereocenters. The van der Waals surface area contributed by atoms with Gasteiger partial charge in [-0.05, 0) is 56.6 Å². The van der Waals surface area contributed by atoms with Crippen LogP contribution in [0, 0.1) is 11.6 Å². The zero-order valence-corrected chi connectivity index (χ0v) is 20.9. The van der Waals surface area contributed by atoms with Crippen LogP contribution in [0.1, 0.15) is 53.7 Å². The third-order valence-corrected chi connectivity index (χ3v) is 6.59. The van der Waals surface area contributed by atoms with Crippen LogP contribution in [0.5, 0.6) is 0 Å². The number of benzene rings is 2. The van der Waals surface area contributed by atoms with Crippen LogP contribution in [-0.4, -0.2) is 51.7 Å². The van der Waals surface area contributed by atoms with Crippen molar-refractivity contribution in [3.63, 3.8) is 0 Å². The monoisotopic (exact) mass is 518 g/mol. The molecule has 2 aliphatic rings. The first-order valence-electron chi connectivity index (χ1n) is 12.4. The van der Waals surface area contributed by atoms with Gasteiger partial charge in [0.25, 0.3) is 0 Å². The second-order valence-electron chi connectivity index (χ2n) is 8.96. The third kappa shape index (κ3) is 6.32. The Balaban J connectivity index is 1.28. The van der Waals surface area contributed by atoms with E-state index >= 15 is 0 Å². The van der Waals surface area contributed by atoms with Crippen LogP contribution in [0.4, 0.5) is 8.78 Å². The van der Waals surface area contributed by atoms with Crippen molar-refractivity contribution in [3.8, 4) is 0 Å². The van der Waals surface area contributed by atoms with Crippen molar-refractivity contribution >= 4 is 11.9 Å². The number of ether oxygens (including phenoxy) is 4. The van der Waals surface area contributed by atoms with E-state index in [0.717, 1.165) is 11.1 Å². The van der Waals surface area contributed by atoms with E-state index in [9.17, 15) is 18.4 Å². The Hall–Kier alpha value is -2.92. The Bertz CT molecular complexity index is 1030. The SMILES string of the molecule is CN[C@H](OC(=O)CCCC(=O)O[C@@H](NC)C1OCCc2cccc(F)c21)C1OCCc2cccc(F)c21. The molecule has 2 N–H and O–H groups in total. The van der Waals surface area contributed by atoms with Gasteiger partial charge in [0.15, 0.2) is 12.5 Å². The van der Waals surface area contributed by atoms with Gasteiger partial charge in [0, 0.05) is 24.0 Å². The summed E-state index contributed by atoms with van der Waals surface area (Å²) < 4.78 is 51.5. The van der Waals surface area contributed by atoms with Crippen LogP contribution in [-0.2, 0) is 41.4 Å². The molecular weight excluding hydrogens is 486 g/mol. The highest BCUT2D eigenvalue weighted by molar-refractivity contribution is 5.72. The summed E-state index contributed by atoms with van der Waals surface area (Å²) >= 11 is 0. The van der Waals surface area contributed by atoms with Crippen molar-refractivity contribution < 1.29 is 37.3 Å². The molecule has 0 spiro atoms. The van der Waals surface area contributed by atoms with E-state index in [1.165, 1.54) is 12.1 Å². The molecule has 0 aromatic heterocycles. The van der Waals surface area contributed by atoms with Gasteiger partial charge in [-0.15, -0.1) is 0 Å². The molecule has 0 fully saturated rings. The van der Waals surface area contributed by atoms with Crippen LogP contribution < -0.4 is 10.6 Å². The topological polar surface area (TPSA) is 95.1 Å². The molecule has 4 rings (SSSR count). The van der Waals surface area contributed by atoms with Gasteiger partial charge in [-0.2, -0.15) is 0 Å². The number of fused-ring (bicyclic) bond motifs is 2. The third-order valence-electron chi connectivity index (χ3n) is 6.59. The second kappa shape index (κ2) is 12.6. The van der Waals surface area contributed by atoms with Crippen molar-refractivity contribution in [2.45, 2.75) is 56.8 Å². The van der Waals surface area contributed by atoms with Crippen molar-refractivity contribution in [2.75, 3.05) is 27.3 Å². The zero-order chi connectivity index (χ0) is 26.4. The Labute approximate surface area is 214 Å². The van der Waals surface area contributed by atoms with Gasteiger partial charge in [0.1, 0.15) is 23.8 Å². The Morgan fingerprint density at radius 2 is 1.27 bits per heavy atom. The zero-order valence-electron chi connectivity index (χ0n) is 20.9. The number of likely N-dealkylation sites (N-methyl/N-ethyl adjacent to an activating group) is 2. The maximum absolute atomic E-state index is 14.5. The second-order valence-corrected chi connectivity index (χ2v) is 8.96. The molecule has 0 aliphatic carbocycles. The summed E-state index contributed by atoms with van der Waals surface area (Å²) in [6, 6.07) is 9.65. The molecule has 0 bridgehead atoms. The number of hydrogen-bond acceptors (Lipinski definition) is 8. The molecular formula is C27H32F2N2O6. The fraction of sp³-hybridized carbons (Fsp3) is 0.481. The average Bonchev–Trinajstić information content (AvgIpc) is 2.90. The molecule has 8 nitrogen and oxygen atoms in total. The van der Waals surface area contributed by atoms with Crippen LogP contribution in [0.3, 0.4) is 0 Å². The molecule has 2 aromatic rings. The van der Waals surface area contributed by atoms with E-state index in [2.05, 4.69) is 10.6 Å². The fourth-order valence-electron chi connectivity index (χ4n) is 4.79. The maximum atomic E-state index is 14.5. The number of carbonyl (C=O) groups is 2. The number of carbonyl (C=O) groups excluding carboxylic acids is 2. The first kappa shape index (κ1) is 27.1. The van der Waals surface area contributed by atoms with E-state index in [1.54, 1.807) is 26.2 Å². The van der Waals surface area contributed by atoms with Gasteiger partial charge in [-0.1, -0.05) is 24.3 Å². The summed E-state index contributed by atoms with van der Waals surface area (Å²) in [5.41, 5.74) is 2.40. The summed E-state index contributed by atoms with van der Waals surface area (Å²) in [6.07, 6.45) is -2.10. The van der Waals surface area contributed by atoms with Gasteiger partial charge in [-0.25, -0.2) is 8.78 Å². The lowest BCUT2D eigenvalue weighted by Gasteiger charge is -2.32. The summed E-state index contributed by atoms with van der Waals surface area (Å²) in [7, 11) is 3.19. The number of hydrogen-bond donors (Lipinski definition) is 2. The van der Waals surface area contributed by atoms with Crippen LogP contribution in [0.25, 0.3) is 0 Å². The minimum absolute atomic E-state index is 0.0499. The molecule has 0 saturated heterocycles. The van der Waals surface area contributed by atoms with Gasteiger partial charge in [0.05, 0.1) is 13.2 Å². The van der Waals surface area contributed by atoms with E-state index in [4.69, 9.17) is 18.9 Å². The Morgan fingerprint density at radius 3 is 1.68 bits per heavy atom. The lowest BCUT2D eigenvalue weighted by molar-refractivity contribution is -0.164. The molecule has 37 heavy (non-hydrogen) atoms. The minimum Gasteiger partial charge on any atom is -0.443 e. The van der Waals surface area contributed by atoms with Gasteiger partial charge >= 0.3 is 11.9 Å². The summed E-state index contributed by atoms with van der Waals surface area (Å²) in [5, 5.41) is 5.75. The molecule has 0 amide bonds. The number of esters is 2. The van der Waals surface area contributed by atoms with Gasteiger partial charge in [-0.3, -0.25) is 20.2 Å². The fourth-order valence-corrected chi connectivity index (χ4v) is 4.79. The normalized spacial score (nSPS) is 20.3. The standard InChI is InChI=1S/C27H32F2N2O6/c1-30-26(24-22-16(12-14-34-24)6-3-8-18(22)28)36-20(32)10-5-11-21(33)37-27(31-2)25-23-17(13-15-35-25)7-4-9-19(23)29/h3-4,6-9,24-27,30-31H,5,10-15H2,1-2H3/t24?,25?,26-,27-/m1/s1. The molecule has 0 radical (unpaired) electrons. The van der Waals surface area contributed by atoms with Crippen molar-refractivity contribution in [3.05, 3.63) is 70.3 Å². The highest BCUT2D eigenvalue weighted by atomic mass is 19.1. The van der Waals surface area contributed by atoms with E-state index < -0.39 is 48.2 Å². The predicted molar refractivity (Wildman–Crippen MR) is 129 cm³/mol. The average molecular weight is 519 g/mol. The van der Waals surface area contributed by atoms with Crippen LogP contribution in [0.2, 0.25) is 0 Å². The predicted octanol–water partition coefficient (Wildman–Crippen LogP) is 3.24. The first-order chi connectivity index (χ1) is 17.9. The summed E-state index contributed by atoms with van der Waals surface area (Å²) in [6.45, 7) is 0.767. The molecule has 200 valence electrons. The van der Waals surface area contributed by atoms with E-state index in [-0.39, 0.29) is 19.3 Å². The van der Waals surface area contributed by atoms with Crippen LogP contribution in [0.15, 0.2) is 36.4 Å². The summed E-state index contributed by atoms with van der Waals surface area (Å²) in [5.74, 6) is -1.94. The van der Waals surface area contributed by atoms with Gasteiger partial charge < -0.3 is 18.9 Å². The smallest absolute Gasteiger partial charge is 0.307 e. The molecule has 0 saturated carbocycles. The molecule has 2 aliphatic heterocycles. The number of nitrogens with one attached hydrogen (secondary N) is 2. The number of halogens is 2. The first-order valence-corrected chi connectivity index (χ1v) is 12.4. The molecule has 4 atom stereocenters. The lowest BCUT2D eigenvalue weighted by atomic mass is 9.96. The van der Waals surface area contributed by atoms with Crippen molar-refractivity contribution in [2.24, 2.45) is 0 Å². The largest absolute Gasteiger partial charge is 0.443 e. The Kier molecular flexibility index (Phi) is 9.20. The molecule has 2 aromatic carbocycles. The van der Waals surface area contributed by atoms with Crippen molar-refractivity contribution in [1.29, 1.82) is 0 Å². The quantitative estimate of drug-likeness (QED) is 0.366.